The van der Waals surface area contributed by atoms with E-state index in [4.69, 9.17) is 4.74 Å². The van der Waals surface area contributed by atoms with Gasteiger partial charge in [-0.1, -0.05) is 19.4 Å². The highest BCUT2D eigenvalue weighted by atomic mass is 19.1. The molecule has 0 amide bonds. The lowest BCUT2D eigenvalue weighted by molar-refractivity contribution is -0.144. The number of carbonyl (C=O) groups excluding carboxylic acids is 1. The molecule has 1 rings (SSSR count). The molecule has 0 aliphatic rings. The largest absolute Gasteiger partial charge is 0.464 e. The van der Waals surface area contributed by atoms with Crippen molar-refractivity contribution in [2.45, 2.75) is 39.7 Å². The Morgan fingerprint density at radius 2 is 2.17 bits per heavy atom. The molecule has 1 atom stereocenters. The SMILES string of the molecule is CCCC(Nc1cc(F)ccc1C)C(=O)OCC. The Hall–Kier alpha value is -1.58. The van der Waals surface area contributed by atoms with Crippen LogP contribution in [0.1, 0.15) is 32.3 Å². The molecule has 1 aromatic carbocycles. The number of hydrogen-bond donors (Lipinski definition) is 1. The van der Waals surface area contributed by atoms with Crippen molar-refractivity contribution >= 4 is 11.7 Å². The lowest BCUT2D eigenvalue weighted by Crippen LogP contribution is -2.31. The molecular formula is C14H20FNO2. The summed E-state index contributed by atoms with van der Waals surface area (Å²) in [5.74, 6) is -0.606. The highest BCUT2D eigenvalue weighted by Crippen LogP contribution is 2.18. The van der Waals surface area contributed by atoms with E-state index in [0.717, 1.165) is 12.0 Å². The Balaban J connectivity index is 2.82. The zero-order chi connectivity index (χ0) is 13.5. The summed E-state index contributed by atoms with van der Waals surface area (Å²) in [6, 6.07) is 4.07. The summed E-state index contributed by atoms with van der Waals surface area (Å²) in [7, 11) is 0. The first-order valence-electron chi connectivity index (χ1n) is 6.27. The molecule has 0 spiro atoms. The van der Waals surface area contributed by atoms with E-state index >= 15 is 0 Å². The fourth-order valence-electron chi connectivity index (χ4n) is 1.72. The van der Waals surface area contributed by atoms with Gasteiger partial charge in [-0.15, -0.1) is 0 Å². The maximum absolute atomic E-state index is 13.2. The van der Waals surface area contributed by atoms with Crippen molar-refractivity contribution in [3.63, 3.8) is 0 Å². The zero-order valence-corrected chi connectivity index (χ0v) is 11.1. The van der Waals surface area contributed by atoms with Gasteiger partial charge in [-0.2, -0.15) is 0 Å². The van der Waals surface area contributed by atoms with Crippen LogP contribution in [0.2, 0.25) is 0 Å². The van der Waals surface area contributed by atoms with Gasteiger partial charge in [0.2, 0.25) is 0 Å². The van der Waals surface area contributed by atoms with Crippen LogP contribution in [0.25, 0.3) is 0 Å². The molecule has 0 bridgehead atoms. The first kappa shape index (κ1) is 14.5. The van der Waals surface area contributed by atoms with Crippen LogP contribution in [0.4, 0.5) is 10.1 Å². The van der Waals surface area contributed by atoms with Crippen LogP contribution in [0, 0.1) is 12.7 Å². The van der Waals surface area contributed by atoms with E-state index in [2.05, 4.69) is 5.32 Å². The Morgan fingerprint density at radius 3 is 2.78 bits per heavy atom. The first-order valence-corrected chi connectivity index (χ1v) is 6.27. The molecule has 0 heterocycles. The summed E-state index contributed by atoms with van der Waals surface area (Å²) >= 11 is 0. The highest BCUT2D eigenvalue weighted by molar-refractivity contribution is 5.79. The highest BCUT2D eigenvalue weighted by Gasteiger charge is 2.19. The van der Waals surface area contributed by atoms with Crippen LogP contribution in [0.5, 0.6) is 0 Å². The van der Waals surface area contributed by atoms with Crippen LogP contribution in [0.3, 0.4) is 0 Å². The summed E-state index contributed by atoms with van der Waals surface area (Å²) in [6.07, 6.45) is 1.51. The van der Waals surface area contributed by atoms with Gasteiger partial charge in [-0.3, -0.25) is 0 Å². The summed E-state index contributed by atoms with van der Waals surface area (Å²) in [5.41, 5.74) is 1.54. The molecule has 1 unspecified atom stereocenters. The van der Waals surface area contributed by atoms with Crippen molar-refractivity contribution in [1.82, 2.24) is 0 Å². The van der Waals surface area contributed by atoms with Gasteiger partial charge in [-0.05, 0) is 38.0 Å². The van der Waals surface area contributed by atoms with E-state index in [0.29, 0.717) is 18.7 Å². The third-order valence-electron chi connectivity index (χ3n) is 2.68. The monoisotopic (exact) mass is 253 g/mol. The Bertz CT molecular complexity index is 407. The molecular weight excluding hydrogens is 233 g/mol. The standard InChI is InChI=1S/C14H20FNO2/c1-4-6-12(14(17)18-5-2)16-13-9-11(15)8-7-10(13)3/h7-9,12,16H,4-6H2,1-3H3. The normalized spacial score (nSPS) is 12.0. The number of anilines is 1. The summed E-state index contributed by atoms with van der Waals surface area (Å²) in [4.78, 5) is 11.8. The number of hydrogen-bond acceptors (Lipinski definition) is 3. The Morgan fingerprint density at radius 1 is 1.44 bits per heavy atom. The molecule has 0 aliphatic carbocycles. The lowest BCUT2D eigenvalue weighted by Gasteiger charge is -2.19. The van der Waals surface area contributed by atoms with Crippen molar-refractivity contribution in [3.05, 3.63) is 29.6 Å². The minimum absolute atomic E-state index is 0.289. The molecule has 0 radical (unpaired) electrons. The molecule has 0 saturated heterocycles. The van der Waals surface area contributed by atoms with E-state index in [9.17, 15) is 9.18 Å². The molecule has 0 fully saturated rings. The van der Waals surface area contributed by atoms with Gasteiger partial charge >= 0.3 is 5.97 Å². The molecule has 0 saturated carbocycles. The van der Waals surface area contributed by atoms with Crippen LogP contribution in [-0.4, -0.2) is 18.6 Å². The average molecular weight is 253 g/mol. The van der Waals surface area contributed by atoms with E-state index in [1.807, 2.05) is 13.8 Å². The molecule has 4 heteroatoms. The van der Waals surface area contributed by atoms with Gasteiger partial charge in [-0.25, -0.2) is 9.18 Å². The van der Waals surface area contributed by atoms with Crippen LogP contribution < -0.4 is 5.32 Å². The Kier molecular flexibility index (Phi) is 5.62. The second-order valence-corrected chi connectivity index (χ2v) is 4.20. The fraction of sp³-hybridized carbons (Fsp3) is 0.500. The number of carbonyl (C=O) groups is 1. The summed E-state index contributed by atoms with van der Waals surface area (Å²) in [6.45, 7) is 5.99. The number of esters is 1. The minimum Gasteiger partial charge on any atom is -0.464 e. The third-order valence-corrected chi connectivity index (χ3v) is 2.68. The smallest absolute Gasteiger partial charge is 0.328 e. The maximum atomic E-state index is 13.2. The van der Waals surface area contributed by atoms with Gasteiger partial charge in [0.1, 0.15) is 11.9 Å². The summed E-state index contributed by atoms with van der Waals surface area (Å²) in [5, 5.41) is 3.06. The fourth-order valence-corrected chi connectivity index (χ4v) is 1.72. The number of rotatable bonds is 6. The molecule has 0 aliphatic heterocycles. The van der Waals surface area contributed by atoms with Crippen LogP contribution >= 0.6 is 0 Å². The lowest BCUT2D eigenvalue weighted by atomic mass is 10.1. The van der Waals surface area contributed by atoms with Gasteiger partial charge in [0.25, 0.3) is 0 Å². The summed E-state index contributed by atoms with van der Waals surface area (Å²) < 4.78 is 18.2. The Labute approximate surface area is 107 Å². The molecule has 1 aromatic rings. The second-order valence-electron chi connectivity index (χ2n) is 4.20. The molecule has 100 valence electrons. The number of nitrogens with one attached hydrogen (secondary N) is 1. The molecule has 1 N–H and O–H groups in total. The number of ether oxygens (including phenoxy) is 1. The predicted molar refractivity (Wildman–Crippen MR) is 70.1 cm³/mol. The van der Waals surface area contributed by atoms with Crippen LogP contribution in [0.15, 0.2) is 18.2 Å². The molecule has 3 nitrogen and oxygen atoms in total. The van der Waals surface area contributed by atoms with Gasteiger partial charge in [0, 0.05) is 5.69 Å². The van der Waals surface area contributed by atoms with Crippen LogP contribution in [-0.2, 0) is 9.53 Å². The van der Waals surface area contributed by atoms with Crippen molar-refractivity contribution in [3.8, 4) is 0 Å². The second kappa shape index (κ2) is 6.99. The van der Waals surface area contributed by atoms with Gasteiger partial charge in [0.05, 0.1) is 6.61 Å². The van der Waals surface area contributed by atoms with Crippen molar-refractivity contribution in [2.75, 3.05) is 11.9 Å². The quantitative estimate of drug-likeness (QED) is 0.791. The first-order chi connectivity index (χ1) is 8.58. The topological polar surface area (TPSA) is 38.3 Å². The van der Waals surface area contributed by atoms with Gasteiger partial charge in [0.15, 0.2) is 0 Å². The van der Waals surface area contributed by atoms with E-state index in [1.54, 1.807) is 13.0 Å². The number of aryl methyl sites for hydroxylation is 1. The molecule has 18 heavy (non-hydrogen) atoms. The average Bonchev–Trinajstić information content (AvgIpc) is 2.33. The van der Waals surface area contributed by atoms with Crippen molar-refractivity contribution in [2.24, 2.45) is 0 Å². The van der Waals surface area contributed by atoms with Gasteiger partial charge < -0.3 is 10.1 Å². The van der Waals surface area contributed by atoms with Crippen molar-refractivity contribution < 1.29 is 13.9 Å². The number of benzene rings is 1. The maximum Gasteiger partial charge on any atom is 0.328 e. The zero-order valence-electron chi connectivity index (χ0n) is 11.1. The van der Waals surface area contributed by atoms with E-state index in [1.165, 1.54) is 12.1 Å². The predicted octanol–water partition coefficient (Wildman–Crippen LogP) is 3.28. The third kappa shape index (κ3) is 4.02. The number of halogens is 1. The molecule has 0 aromatic heterocycles. The van der Waals surface area contributed by atoms with E-state index < -0.39 is 6.04 Å². The minimum atomic E-state index is -0.421. The van der Waals surface area contributed by atoms with Crippen molar-refractivity contribution in [1.29, 1.82) is 0 Å². The van der Waals surface area contributed by atoms with E-state index in [-0.39, 0.29) is 11.8 Å².